The zero-order chi connectivity index (χ0) is 17.6. The van der Waals surface area contributed by atoms with Gasteiger partial charge in [-0.3, -0.25) is 19.3 Å². The van der Waals surface area contributed by atoms with Gasteiger partial charge < -0.3 is 0 Å². The van der Waals surface area contributed by atoms with Gasteiger partial charge in [0.05, 0.1) is 12.5 Å². The lowest BCUT2D eigenvalue weighted by molar-refractivity contribution is -0.129. The van der Waals surface area contributed by atoms with Crippen molar-refractivity contribution in [2.24, 2.45) is 0 Å². The summed E-state index contributed by atoms with van der Waals surface area (Å²) >= 11 is 0. The number of amides is 2. The van der Waals surface area contributed by atoms with Crippen LogP contribution >= 0.6 is 0 Å². The predicted octanol–water partition coefficient (Wildman–Crippen LogP) is 3.58. The molecule has 1 aliphatic rings. The lowest BCUT2D eigenvalue weighted by Crippen LogP contribution is -2.40. The molecule has 1 fully saturated rings. The summed E-state index contributed by atoms with van der Waals surface area (Å²) in [5.74, 6) is -0.208. The van der Waals surface area contributed by atoms with E-state index in [0.29, 0.717) is 30.7 Å². The Labute approximate surface area is 147 Å². The van der Waals surface area contributed by atoms with E-state index in [1.54, 1.807) is 30.8 Å². The first-order chi connectivity index (χ1) is 12.1. The lowest BCUT2D eigenvalue weighted by atomic mass is 9.87. The van der Waals surface area contributed by atoms with Crippen molar-refractivity contribution in [2.45, 2.75) is 25.7 Å². The van der Waals surface area contributed by atoms with E-state index in [-0.39, 0.29) is 24.0 Å². The van der Waals surface area contributed by atoms with Crippen LogP contribution in [0, 0.1) is 12.5 Å². The maximum absolute atomic E-state index is 12.9. The summed E-state index contributed by atoms with van der Waals surface area (Å²) < 4.78 is 0. The summed E-state index contributed by atoms with van der Waals surface area (Å²) in [6.45, 7) is 1.55. The molecule has 3 rings (SSSR count). The van der Waals surface area contributed by atoms with Crippen LogP contribution in [0.25, 0.3) is 0 Å². The molecule has 0 bridgehead atoms. The maximum atomic E-state index is 12.9. The first-order valence-electron chi connectivity index (χ1n) is 8.34. The molecule has 2 amide bonds. The average molecular weight is 333 g/mol. The number of hydrogen-bond donors (Lipinski definition) is 0. The van der Waals surface area contributed by atoms with E-state index in [9.17, 15) is 14.4 Å². The molecule has 0 aliphatic heterocycles. The fourth-order valence-electron chi connectivity index (χ4n) is 2.88. The number of imide groups is 1. The van der Waals surface area contributed by atoms with Gasteiger partial charge in [-0.1, -0.05) is 48.5 Å². The third-order valence-corrected chi connectivity index (χ3v) is 4.18. The molecule has 1 saturated carbocycles. The van der Waals surface area contributed by atoms with Gasteiger partial charge in [-0.05, 0) is 30.5 Å². The van der Waals surface area contributed by atoms with Gasteiger partial charge in [0, 0.05) is 18.4 Å². The number of carbonyl (C=O) groups excluding carboxylic acids is 3. The summed E-state index contributed by atoms with van der Waals surface area (Å²) in [5, 5.41) is 0. The van der Waals surface area contributed by atoms with E-state index in [4.69, 9.17) is 0 Å². The van der Waals surface area contributed by atoms with E-state index in [1.165, 1.54) is 0 Å². The molecule has 4 nitrogen and oxygen atoms in total. The number of rotatable bonds is 4. The minimum absolute atomic E-state index is 0.0569. The van der Waals surface area contributed by atoms with Gasteiger partial charge in [0.25, 0.3) is 5.91 Å². The number of benzene rings is 2. The highest BCUT2D eigenvalue weighted by molar-refractivity contribution is 6.11. The molecule has 25 heavy (non-hydrogen) atoms. The summed E-state index contributed by atoms with van der Waals surface area (Å²) in [6.07, 6.45) is 1.87. The normalized spacial score (nSPS) is 15.0. The molecule has 0 saturated heterocycles. The number of carbonyl (C=O) groups is 3. The van der Waals surface area contributed by atoms with Gasteiger partial charge in [-0.2, -0.15) is 0 Å². The lowest BCUT2D eigenvalue weighted by Gasteiger charge is -2.27. The average Bonchev–Trinajstić information content (AvgIpc) is 2.66. The van der Waals surface area contributed by atoms with E-state index in [1.807, 2.05) is 36.4 Å². The highest BCUT2D eigenvalue weighted by Crippen LogP contribution is 2.27. The van der Waals surface area contributed by atoms with E-state index in [0.717, 1.165) is 10.5 Å². The van der Waals surface area contributed by atoms with E-state index in [2.05, 4.69) is 0 Å². The monoisotopic (exact) mass is 333 g/mol. The van der Waals surface area contributed by atoms with Crippen molar-refractivity contribution in [1.82, 2.24) is 4.90 Å². The van der Waals surface area contributed by atoms with Crippen LogP contribution in [-0.2, 0) is 9.59 Å². The second-order valence-corrected chi connectivity index (χ2v) is 6.06. The molecule has 2 radical (unpaired) electrons. The summed E-state index contributed by atoms with van der Waals surface area (Å²) in [4.78, 5) is 38.7. The first-order valence-corrected chi connectivity index (χ1v) is 8.34. The van der Waals surface area contributed by atoms with Crippen LogP contribution in [0.3, 0.4) is 0 Å². The van der Waals surface area contributed by atoms with Gasteiger partial charge in [-0.15, -0.1) is 0 Å². The fourth-order valence-corrected chi connectivity index (χ4v) is 2.88. The zero-order valence-electron chi connectivity index (χ0n) is 13.9. The molecule has 2 aromatic rings. The SMILES string of the molecule is O=C1CCC[C](C(=O)N([CH]c2ccccc2)C(=O)c2ccccc2)C1. The topological polar surface area (TPSA) is 54.5 Å². The van der Waals surface area contributed by atoms with Crippen molar-refractivity contribution in [3.63, 3.8) is 0 Å². The van der Waals surface area contributed by atoms with Crippen LogP contribution in [-0.4, -0.2) is 22.5 Å². The zero-order valence-corrected chi connectivity index (χ0v) is 13.9. The van der Waals surface area contributed by atoms with Gasteiger partial charge in [0.15, 0.2) is 0 Å². The van der Waals surface area contributed by atoms with Crippen LogP contribution in [0.15, 0.2) is 60.7 Å². The quantitative estimate of drug-likeness (QED) is 0.804. The summed E-state index contributed by atoms with van der Waals surface area (Å²) in [6, 6.07) is 17.9. The molecule has 0 heterocycles. The Balaban J connectivity index is 1.86. The first kappa shape index (κ1) is 17.1. The van der Waals surface area contributed by atoms with Crippen LogP contribution in [0.5, 0.6) is 0 Å². The minimum atomic E-state index is -0.389. The Hall–Kier alpha value is -2.75. The van der Waals surface area contributed by atoms with Crippen molar-refractivity contribution in [2.75, 3.05) is 0 Å². The van der Waals surface area contributed by atoms with Crippen LogP contribution in [0.1, 0.15) is 41.6 Å². The molecule has 0 spiro atoms. The van der Waals surface area contributed by atoms with Gasteiger partial charge in [0.1, 0.15) is 5.78 Å². The molecule has 0 aromatic heterocycles. The van der Waals surface area contributed by atoms with Gasteiger partial charge >= 0.3 is 0 Å². The van der Waals surface area contributed by atoms with Gasteiger partial charge in [-0.25, -0.2) is 0 Å². The molecular weight excluding hydrogens is 314 g/mol. The largest absolute Gasteiger partial charge is 0.300 e. The number of Topliss-reactive ketones (excluding diaryl/α,β-unsaturated/α-hetero) is 1. The highest BCUT2D eigenvalue weighted by atomic mass is 16.2. The highest BCUT2D eigenvalue weighted by Gasteiger charge is 2.33. The smallest absolute Gasteiger partial charge is 0.261 e. The van der Waals surface area contributed by atoms with Crippen molar-refractivity contribution in [1.29, 1.82) is 0 Å². The Morgan fingerprint density at radius 2 is 1.48 bits per heavy atom. The number of ketones is 1. The van der Waals surface area contributed by atoms with Crippen LogP contribution in [0.4, 0.5) is 0 Å². The Morgan fingerprint density at radius 3 is 2.12 bits per heavy atom. The molecule has 2 aromatic carbocycles. The third kappa shape index (κ3) is 4.21. The number of hydrogen-bond acceptors (Lipinski definition) is 3. The second kappa shape index (κ2) is 7.88. The fraction of sp³-hybridized carbons (Fsp3) is 0.190. The maximum Gasteiger partial charge on any atom is 0.261 e. The molecule has 1 aliphatic carbocycles. The molecule has 0 N–H and O–H groups in total. The van der Waals surface area contributed by atoms with Crippen LogP contribution in [0.2, 0.25) is 0 Å². The van der Waals surface area contributed by atoms with E-state index >= 15 is 0 Å². The Morgan fingerprint density at radius 1 is 0.840 bits per heavy atom. The minimum Gasteiger partial charge on any atom is -0.300 e. The molecular formula is C21H19NO3. The molecule has 0 unspecified atom stereocenters. The predicted molar refractivity (Wildman–Crippen MR) is 94.2 cm³/mol. The third-order valence-electron chi connectivity index (χ3n) is 4.18. The summed E-state index contributed by atoms with van der Waals surface area (Å²) in [7, 11) is 0. The molecule has 126 valence electrons. The van der Waals surface area contributed by atoms with Crippen molar-refractivity contribution in [3.8, 4) is 0 Å². The Kier molecular flexibility index (Phi) is 5.39. The standard InChI is InChI=1S/C21H19NO3/c23-19-13-7-12-18(14-19)21(25)22(15-16-8-3-1-4-9-16)20(24)17-10-5-2-6-11-17/h1-6,8-11,15H,7,12-14H2. The van der Waals surface area contributed by atoms with Gasteiger partial charge in [0.2, 0.25) is 5.91 Å². The molecule has 4 heteroatoms. The van der Waals surface area contributed by atoms with E-state index < -0.39 is 0 Å². The Bertz CT molecular complexity index is 755. The number of nitrogens with zero attached hydrogens (tertiary/aromatic N) is 1. The van der Waals surface area contributed by atoms with Crippen molar-refractivity contribution < 1.29 is 14.4 Å². The molecule has 0 atom stereocenters. The van der Waals surface area contributed by atoms with Crippen molar-refractivity contribution in [3.05, 3.63) is 84.3 Å². The summed E-state index contributed by atoms with van der Waals surface area (Å²) in [5.41, 5.74) is 1.19. The van der Waals surface area contributed by atoms with Crippen LogP contribution < -0.4 is 0 Å². The second-order valence-electron chi connectivity index (χ2n) is 6.06. The van der Waals surface area contributed by atoms with Crippen molar-refractivity contribution >= 4 is 17.6 Å².